The smallest absolute Gasteiger partial charge is 0.182 e. The van der Waals surface area contributed by atoms with Crippen molar-refractivity contribution in [2.45, 2.75) is 25.8 Å². The van der Waals surface area contributed by atoms with Crippen LogP contribution in [0, 0.1) is 18.6 Å². The minimum absolute atomic E-state index is 0.0155. The molecule has 1 heterocycles. The molecule has 1 unspecified atom stereocenters. The highest BCUT2D eigenvalue weighted by Gasteiger charge is 2.25. The maximum atomic E-state index is 13.4. The van der Waals surface area contributed by atoms with Gasteiger partial charge in [0.1, 0.15) is 11.6 Å². The second-order valence-electron chi connectivity index (χ2n) is 4.09. The molecule has 0 saturated carbocycles. The molecule has 0 aliphatic carbocycles. The molecule has 86 valence electrons. The second-order valence-corrected chi connectivity index (χ2v) is 4.09. The van der Waals surface area contributed by atoms with Crippen molar-refractivity contribution in [3.8, 4) is 0 Å². The quantitative estimate of drug-likeness (QED) is 0.782. The van der Waals surface area contributed by atoms with Gasteiger partial charge in [0, 0.05) is 6.07 Å². The van der Waals surface area contributed by atoms with Crippen LogP contribution in [0.3, 0.4) is 0 Å². The lowest BCUT2D eigenvalue weighted by Gasteiger charge is -2.10. The Morgan fingerprint density at radius 1 is 1.38 bits per heavy atom. The Bertz CT molecular complexity index is 425. The number of halogens is 2. The molecule has 2 nitrogen and oxygen atoms in total. The molecular formula is C12H13F2NO. The van der Waals surface area contributed by atoms with Crippen LogP contribution in [0.4, 0.5) is 8.78 Å². The average Bonchev–Trinajstić information content (AvgIpc) is 2.75. The summed E-state index contributed by atoms with van der Waals surface area (Å²) in [7, 11) is 0. The van der Waals surface area contributed by atoms with Crippen LogP contribution in [0.25, 0.3) is 0 Å². The van der Waals surface area contributed by atoms with Crippen molar-refractivity contribution in [3.63, 3.8) is 0 Å². The topological polar surface area (TPSA) is 29.1 Å². The summed E-state index contributed by atoms with van der Waals surface area (Å²) in [6, 6.07) is 1.74. The van der Waals surface area contributed by atoms with E-state index in [9.17, 15) is 13.6 Å². The van der Waals surface area contributed by atoms with Gasteiger partial charge in [0.05, 0.1) is 11.6 Å². The number of rotatable bonds is 2. The maximum Gasteiger partial charge on any atom is 0.182 e. The van der Waals surface area contributed by atoms with Gasteiger partial charge in [-0.15, -0.1) is 0 Å². The van der Waals surface area contributed by atoms with Crippen molar-refractivity contribution in [2.75, 3.05) is 6.54 Å². The van der Waals surface area contributed by atoms with Gasteiger partial charge in [0.15, 0.2) is 5.78 Å². The van der Waals surface area contributed by atoms with Crippen LogP contribution in [-0.4, -0.2) is 18.4 Å². The summed E-state index contributed by atoms with van der Waals surface area (Å²) in [5.41, 5.74) is 0.279. The highest BCUT2D eigenvalue weighted by atomic mass is 19.1. The summed E-state index contributed by atoms with van der Waals surface area (Å²) in [5.74, 6) is -1.67. The lowest BCUT2D eigenvalue weighted by Crippen LogP contribution is -2.31. The highest BCUT2D eigenvalue weighted by Crippen LogP contribution is 2.18. The molecule has 1 fully saturated rings. The largest absolute Gasteiger partial charge is 0.307 e. The van der Waals surface area contributed by atoms with Crippen molar-refractivity contribution in [1.82, 2.24) is 5.32 Å². The number of hydrogen-bond donors (Lipinski definition) is 1. The average molecular weight is 225 g/mol. The van der Waals surface area contributed by atoms with E-state index in [1.165, 1.54) is 13.0 Å². The maximum absolute atomic E-state index is 13.4. The first-order valence-electron chi connectivity index (χ1n) is 5.33. The number of hydrogen-bond acceptors (Lipinski definition) is 2. The fourth-order valence-corrected chi connectivity index (χ4v) is 1.94. The number of nitrogens with one attached hydrogen (secondary N) is 1. The lowest BCUT2D eigenvalue weighted by molar-refractivity contribution is 0.0948. The third kappa shape index (κ3) is 1.97. The number of Topliss-reactive ketones (excluding diaryl/α,β-unsaturated/α-hetero) is 1. The number of ketones is 1. The first-order chi connectivity index (χ1) is 7.59. The number of aryl methyl sites for hydroxylation is 1. The molecule has 1 aromatic carbocycles. The Labute approximate surface area is 92.7 Å². The Hall–Kier alpha value is -1.29. The first-order valence-corrected chi connectivity index (χ1v) is 5.33. The summed E-state index contributed by atoms with van der Waals surface area (Å²) in [6.07, 6.45) is 1.63. The van der Waals surface area contributed by atoms with Crippen molar-refractivity contribution < 1.29 is 13.6 Å². The molecule has 2 rings (SSSR count). The van der Waals surface area contributed by atoms with E-state index in [0.29, 0.717) is 12.0 Å². The van der Waals surface area contributed by atoms with Gasteiger partial charge in [-0.2, -0.15) is 0 Å². The number of carbonyl (C=O) groups is 1. The first kappa shape index (κ1) is 11.2. The van der Waals surface area contributed by atoms with Gasteiger partial charge in [-0.05, 0) is 37.9 Å². The van der Waals surface area contributed by atoms with Gasteiger partial charge in [0.2, 0.25) is 0 Å². The van der Waals surface area contributed by atoms with Gasteiger partial charge in [0.25, 0.3) is 0 Å². The molecule has 0 radical (unpaired) electrons. The van der Waals surface area contributed by atoms with E-state index in [2.05, 4.69) is 5.32 Å². The van der Waals surface area contributed by atoms with Crippen LogP contribution in [0.15, 0.2) is 12.1 Å². The SMILES string of the molecule is Cc1cc(C(=O)C2CCCN2)c(F)cc1F. The minimum atomic E-state index is -0.776. The standard InChI is InChI=1S/C12H13F2NO/c1-7-5-8(10(14)6-9(7)13)12(16)11-3-2-4-15-11/h5-6,11,15H,2-4H2,1H3. The second kappa shape index (κ2) is 4.29. The van der Waals surface area contributed by atoms with Crippen LogP contribution < -0.4 is 5.32 Å². The molecule has 1 saturated heterocycles. The molecule has 0 aromatic heterocycles. The zero-order chi connectivity index (χ0) is 11.7. The van der Waals surface area contributed by atoms with E-state index in [-0.39, 0.29) is 17.4 Å². The molecule has 1 atom stereocenters. The highest BCUT2D eigenvalue weighted by molar-refractivity contribution is 6.00. The van der Waals surface area contributed by atoms with Gasteiger partial charge < -0.3 is 5.32 Å². The molecule has 4 heteroatoms. The van der Waals surface area contributed by atoms with E-state index >= 15 is 0 Å². The summed E-state index contributed by atoms with van der Waals surface area (Å²) < 4.78 is 26.5. The molecule has 0 bridgehead atoms. The van der Waals surface area contributed by atoms with E-state index in [0.717, 1.165) is 19.0 Å². The molecule has 1 aromatic rings. The van der Waals surface area contributed by atoms with Crippen LogP contribution in [-0.2, 0) is 0 Å². The van der Waals surface area contributed by atoms with Gasteiger partial charge in [-0.1, -0.05) is 0 Å². The van der Waals surface area contributed by atoms with E-state index in [1.54, 1.807) is 0 Å². The van der Waals surface area contributed by atoms with Crippen molar-refractivity contribution in [3.05, 3.63) is 34.9 Å². The van der Waals surface area contributed by atoms with Crippen LogP contribution in [0.5, 0.6) is 0 Å². The van der Waals surface area contributed by atoms with Crippen molar-refractivity contribution >= 4 is 5.78 Å². The van der Waals surface area contributed by atoms with Crippen LogP contribution in [0.2, 0.25) is 0 Å². The third-order valence-electron chi connectivity index (χ3n) is 2.89. The molecule has 1 aliphatic rings. The van der Waals surface area contributed by atoms with E-state index in [4.69, 9.17) is 0 Å². The van der Waals surface area contributed by atoms with Gasteiger partial charge >= 0.3 is 0 Å². The molecule has 0 spiro atoms. The number of carbonyl (C=O) groups excluding carboxylic acids is 1. The number of benzene rings is 1. The van der Waals surface area contributed by atoms with Crippen molar-refractivity contribution in [2.24, 2.45) is 0 Å². The predicted octanol–water partition coefficient (Wildman–Crippen LogP) is 2.21. The molecule has 0 amide bonds. The fraction of sp³-hybridized carbons (Fsp3) is 0.417. The minimum Gasteiger partial charge on any atom is -0.307 e. The normalized spacial score (nSPS) is 20.1. The Morgan fingerprint density at radius 2 is 2.12 bits per heavy atom. The Balaban J connectivity index is 2.32. The third-order valence-corrected chi connectivity index (χ3v) is 2.89. The lowest BCUT2D eigenvalue weighted by atomic mass is 10.0. The Kier molecular flexibility index (Phi) is 3.01. The molecular weight excluding hydrogens is 212 g/mol. The summed E-state index contributed by atoms with van der Waals surface area (Å²) >= 11 is 0. The summed E-state index contributed by atoms with van der Waals surface area (Å²) in [4.78, 5) is 11.9. The summed E-state index contributed by atoms with van der Waals surface area (Å²) in [6.45, 7) is 2.30. The van der Waals surface area contributed by atoms with E-state index < -0.39 is 11.6 Å². The molecule has 16 heavy (non-hydrogen) atoms. The Morgan fingerprint density at radius 3 is 2.75 bits per heavy atom. The monoisotopic (exact) mass is 225 g/mol. The zero-order valence-electron chi connectivity index (χ0n) is 9.02. The van der Waals surface area contributed by atoms with Gasteiger partial charge in [-0.25, -0.2) is 8.78 Å². The van der Waals surface area contributed by atoms with Crippen LogP contribution in [0.1, 0.15) is 28.8 Å². The fourth-order valence-electron chi connectivity index (χ4n) is 1.94. The van der Waals surface area contributed by atoms with Gasteiger partial charge in [-0.3, -0.25) is 4.79 Å². The van der Waals surface area contributed by atoms with Crippen LogP contribution >= 0.6 is 0 Å². The summed E-state index contributed by atoms with van der Waals surface area (Å²) in [5, 5.41) is 3.01. The molecule has 1 aliphatic heterocycles. The zero-order valence-corrected chi connectivity index (χ0v) is 9.02. The van der Waals surface area contributed by atoms with Crippen molar-refractivity contribution in [1.29, 1.82) is 0 Å². The van der Waals surface area contributed by atoms with E-state index in [1.807, 2.05) is 0 Å². The predicted molar refractivity (Wildman–Crippen MR) is 56.5 cm³/mol. The molecule has 1 N–H and O–H groups in total.